The van der Waals surface area contributed by atoms with Crippen molar-refractivity contribution in [1.82, 2.24) is 19.5 Å². The number of hydrogen-bond donors (Lipinski definition) is 2. The highest BCUT2D eigenvalue weighted by Crippen LogP contribution is 2.49. The first-order valence-corrected chi connectivity index (χ1v) is 9.36. The van der Waals surface area contributed by atoms with Crippen molar-refractivity contribution in [3.63, 3.8) is 0 Å². The van der Waals surface area contributed by atoms with E-state index in [9.17, 15) is 9.67 Å². The van der Waals surface area contributed by atoms with E-state index in [1.54, 1.807) is 18.4 Å². The Hall–Kier alpha value is -1.84. The molecular formula is C14H22N5O5P. The third-order valence-corrected chi connectivity index (χ3v) is 4.91. The molecule has 11 heteroatoms. The molecule has 2 aromatic heterocycles. The van der Waals surface area contributed by atoms with E-state index in [1.807, 2.05) is 0 Å². The molecule has 1 unspecified atom stereocenters. The molecule has 0 saturated carbocycles. The van der Waals surface area contributed by atoms with Crippen molar-refractivity contribution in [2.75, 3.05) is 25.6 Å². The van der Waals surface area contributed by atoms with E-state index in [2.05, 4.69) is 15.0 Å². The second kappa shape index (κ2) is 9.02. The molecule has 0 saturated heterocycles. The van der Waals surface area contributed by atoms with Gasteiger partial charge in [0.15, 0.2) is 11.5 Å². The zero-order chi connectivity index (χ0) is 18.3. The number of ether oxygens (including phenoxy) is 1. The highest BCUT2D eigenvalue weighted by atomic mass is 31.2. The number of aliphatic hydroxyl groups is 1. The fourth-order valence-corrected chi connectivity index (χ4v) is 3.39. The van der Waals surface area contributed by atoms with Gasteiger partial charge in [0.1, 0.15) is 24.7 Å². The van der Waals surface area contributed by atoms with Gasteiger partial charge in [-0.2, -0.15) is 0 Å². The van der Waals surface area contributed by atoms with Gasteiger partial charge in [0.2, 0.25) is 0 Å². The molecule has 1 atom stereocenters. The van der Waals surface area contributed by atoms with E-state index in [4.69, 9.17) is 19.5 Å². The summed E-state index contributed by atoms with van der Waals surface area (Å²) in [6, 6.07) is 0. The van der Waals surface area contributed by atoms with Crippen molar-refractivity contribution < 1.29 is 23.5 Å². The van der Waals surface area contributed by atoms with Crippen LogP contribution in [0.3, 0.4) is 0 Å². The average Bonchev–Trinajstić information content (AvgIpc) is 3.00. The van der Waals surface area contributed by atoms with Crippen LogP contribution < -0.4 is 5.73 Å². The molecule has 0 fully saturated rings. The van der Waals surface area contributed by atoms with Crippen LogP contribution in [0.2, 0.25) is 0 Å². The van der Waals surface area contributed by atoms with E-state index in [-0.39, 0.29) is 32.4 Å². The number of aliphatic hydroxyl groups excluding tert-OH is 1. The molecule has 0 amide bonds. The molecule has 0 aliphatic carbocycles. The van der Waals surface area contributed by atoms with E-state index >= 15 is 0 Å². The van der Waals surface area contributed by atoms with Crippen LogP contribution in [-0.2, 0) is 25.1 Å². The predicted octanol–water partition coefficient (Wildman–Crippen LogP) is 1.52. The Morgan fingerprint density at radius 3 is 2.68 bits per heavy atom. The summed E-state index contributed by atoms with van der Waals surface area (Å²) in [4.78, 5) is 12.1. The van der Waals surface area contributed by atoms with E-state index in [0.717, 1.165) is 0 Å². The highest BCUT2D eigenvalue weighted by Gasteiger charge is 2.20. The molecule has 10 nitrogen and oxygen atoms in total. The first-order chi connectivity index (χ1) is 12.0. The quantitative estimate of drug-likeness (QED) is 0.596. The van der Waals surface area contributed by atoms with E-state index in [1.165, 1.54) is 24.5 Å². The summed E-state index contributed by atoms with van der Waals surface area (Å²) in [7, 11) is -3.34. The summed E-state index contributed by atoms with van der Waals surface area (Å²) in [6.45, 7) is 3.69. The Balaban J connectivity index is 2.05. The number of rotatable bonds is 10. The third kappa shape index (κ3) is 5.07. The summed E-state index contributed by atoms with van der Waals surface area (Å²) < 4.78 is 29.9. The van der Waals surface area contributed by atoms with Crippen molar-refractivity contribution in [1.29, 1.82) is 0 Å². The largest absolute Gasteiger partial charge is 0.393 e. The molecule has 0 bridgehead atoms. The van der Waals surface area contributed by atoms with Crippen LogP contribution in [0.25, 0.3) is 11.2 Å². The van der Waals surface area contributed by atoms with Gasteiger partial charge in [-0.15, -0.1) is 0 Å². The number of nitrogen functional groups attached to an aromatic ring is 1. The SMILES string of the molecule is CCOP(=O)(C=CC(CO)OCn1cnc2c(N)ncnc21)OCC. The molecular weight excluding hydrogens is 349 g/mol. The van der Waals surface area contributed by atoms with Gasteiger partial charge in [0.05, 0.1) is 26.1 Å². The maximum atomic E-state index is 12.4. The van der Waals surface area contributed by atoms with Crippen LogP contribution in [0.1, 0.15) is 13.8 Å². The maximum Gasteiger partial charge on any atom is 0.353 e. The zero-order valence-corrected chi connectivity index (χ0v) is 15.0. The Bertz CT molecular complexity index is 755. The molecule has 25 heavy (non-hydrogen) atoms. The summed E-state index contributed by atoms with van der Waals surface area (Å²) >= 11 is 0. The normalized spacial score (nSPS) is 13.7. The molecule has 0 aromatic carbocycles. The molecule has 0 spiro atoms. The van der Waals surface area contributed by atoms with Gasteiger partial charge >= 0.3 is 7.60 Å². The Labute approximate surface area is 145 Å². The third-order valence-electron chi connectivity index (χ3n) is 3.14. The molecule has 138 valence electrons. The molecule has 3 N–H and O–H groups in total. The van der Waals surface area contributed by atoms with E-state index in [0.29, 0.717) is 11.2 Å². The molecule has 2 rings (SSSR count). The standard InChI is InChI=1S/C14H22N5O5P/c1-3-23-25(21,24-4-2)6-5-11(7-20)22-10-19-9-18-12-13(15)16-8-17-14(12)19/h5-6,8-9,11,20H,3-4,7,10H2,1-2H3,(H2,15,16,17). The lowest BCUT2D eigenvalue weighted by atomic mass is 10.4. The van der Waals surface area contributed by atoms with Gasteiger partial charge < -0.3 is 24.6 Å². The lowest BCUT2D eigenvalue weighted by molar-refractivity contribution is 0.00464. The molecule has 0 radical (unpaired) electrons. The van der Waals surface area contributed by atoms with Crippen LogP contribution in [0.4, 0.5) is 5.82 Å². The monoisotopic (exact) mass is 371 g/mol. The van der Waals surface area contributed by atoms with Crippen molar-refractivity contribution in [2.24, 2.45) is 0 Å². The van der Waals surface area contributed by atoms with Crippen LogP contribution >= 0.6 is 7.60 Å². The molecule has 2 aromatic rings. The van der Waals surface area contributed by atoms with Crippen molar-refractivity contribution >= 4 is 24.6 Å². The van der Waals surface area contributed by atoms with Crippen LogP contribution in [0.5, 0.6) is 0 Å². The van der Waals surface area contributed by atoms with Crippen LogP contribution in [0, 0.1) is 0 Å². The van der Waals surface area contributed by atoms with Crippen molar-refractivity contribution in [3.8, 4) is 0 Å². The minimum absolute atomic E-state index is 0.0656. The Morgan fingerprint density at radius 2 is 2.04 bits per heavy atom. The maximum absolute atomic E-state index is 12.4. The minimum Gasteiger partial charge on any atom is -0.393 e. The van der Waals surface area contributed by atoms with Crippen LogP contribution in [-0.4, -0.2) is 50.6 Å². The fraction of sp³-hybridized carbons (Fsp3) is 0.500. The van der Waals surface area contributed by atoms with Gasteiger partial charge in [0.25, 0.3) is 0 Å². The predicted molar refractivity (Wildman–Crippen MR) is 91.7 cm³/mol. The number of imidazole rings is 1. The molecule has 0 aliphatic rings. The Kier molecular flexibility index (Phi) is 7.03. The smallest absolute Gasteiger partial charge is 0.353 e. The number of aromatic nitrogens is 4. The number of anilines is 1. The number of nitrogens with two attached hydrogens (primary N) is 1. The lowest BCUT2D eigenvalue weighted by Gasteiger charge is -2.15. The summed E-state index contributed by atoms with van der Waals surface area (Å²) in [5, 5.41) is 9.45. The number of fused-ring (bicyclic) bond motifs is 1. The van der Waals surface area contributed by atoms with Crippen molar-refractivity contribution in [3.05, 3.63) is 24.5 Å². The number of hydrogen-bond acceptors (Lipinski definition) is 9. The fourth-order valence-electron chi connectivity index (χ4n) is 2.02. The summed E-state index contributed by atoms with van der Waals surface area (Å²) in [5.41, 5.74) is 6.71. The Morgan fingerprint density at radius 1 is 1.32 bits per heavy atom. The van der Waals surface area contributed by atoms with Gasteiger partial charge in [-0.25, -0.2) is 15.0 Å². The van der Waals surface area contributed by atoms with Crippen LogP contribution in [0.15, 0.2) is 24.5 Å². The second-order valence-corrected chi connectivity index (χ2v) is 6.77. The number of nitrogens with zero attached hydrogens (tertiary/aromatic N) is 4. The second-order valence-electron chi connectivity index (χ2n) is 4.88. The van der Waals surface area contributed by atoms with Gasteiger partial charge in [0, 0.05) is 5.82 Å². The zero-order valence-electron chi connectivity index (χ0n) is 14.1. The minimum atomic E-state index is -3.34. The molecule has 2 heterocycles. The first-order valence-electron chi connectivity index (χ1n) is 7.75. The summed E-state index contributed by atoms with van der Waals surface area (Å²) in [6.07, 6.45) is 3.60. The van der Waals surface area contributed by atoms with E-state index < -0.39 is 13.7 Å². The van der Waals surface area contributed by atoms with Gasteiger partial charge in [-0.05, 0) is 19.9 Å². The first kappa shape index (κ1) is 19.5. The van der Waals surface area contributed by atoms with Gasteiger partial charge in [-0.3, -0.25) is 9.13 Å². The van der Waals surface area contributed by atoms with Crippen molar-refractivity contribution in [2.45, 2.75) is 26.7 Å². The lowest BCUT2D eigenvalue weighted by Crippen LogP contribution is -2.17. The highest BCUT2D eigenvalue weighted by molar-refractivity contribution is 7.57. The molecule has 0 aliphatic heterocycles. The average molecular weight is 371 g/mol. The van der Waals surface area contributed by atoms with Gasteiger partial charge in [-0.1, -0.05) is 0 Å². The topological polar surface area (TPSA) is 135 Å². The summed E-state index contributed by atoms with van der Waals surface area (Å²) in [5.74, 6) is 1.57.